The average molecular weight is 724 g/mol. The molecule has 0 amide bonds. The fourth-order valence-corrected chi connectivity index (χ4v) is 10.7. The molecule has 1 aliphatic heterocycles. The number of hydrogen-bond donors (Lipinski definition) is 0. The van der Waals surface area contributed by atoms with Gasteiger partial charge in [-0.05, 0) is 88.0 Å². The Hall–Kier alpha value is -6.42. The van der Waals surface area contributed by atoms with E-state index in [0.717, 1.165) is 28.6 Å². The Morgan fingerprint density at radius 3 is 1.85 bits per heavy atom. The molecule has 11 rings (SSSR count). The highest BCUT2D eigenvalue weighted by molar-refractivity contribution is 7.26. The topological polar surface area (TPSA) is 12.5 Å². The summed E-state index contributed by atoms with van der Waals surface area (Å²) in [5.74, 6) is 1.83. The molecule has 0 atom stereocenters. The summed E-state index contributed by atoms with van der Waals surface area (Å²) >= 11 is 1.86. The van der Waals surface area contributed by atoms with Gasteiger partial charge in [-0.25, -0.2) is 0 Å². The van der Waals surface area contributed by atoms with Gasteiger partial charge in [-0.1, -0.05) is 147 Å². The molecular weight excluding hydrogens is 687 g/mol. The lowest BCUT2D eigenvalue weighted by Crippen LogP contribution is -2.29. The SMILES string of the molecule is CC1(C)c2ccccc2Oc2ccc(N(c3cccc(C4(c5ccccc5)c5ccccc5-c5ccccc54)c3)c3cccc4sc5ccccc5c34)cc21. The fourth-order valence-electron chi connectivity index (χ4n) is 9.53. The van der Waals surface area contributed by atoms with Crippen LogP contribution in [0.25, 0.3) is 31.3 Å². The van der Waals surface area contributed by atoms with Crippen LogP contribution >= 0.6 is 11.3 Å². The maximum atomic E-state index is 6.57. The summed E-state index contributed by atoms with van der Waals surface area (Å²) in [6.45, 7) is 4.63. The predicted molar refractivity (Wildman–Crippen MR) is 230 cm³/mol. The summed E-state index contributed by atoms with van der Waals surface area (Å²) < 4.78 is 9.14. The average Bonchev–Trinajstić information content (AvgIpc) is 3.76. The number of benzene rings is 8. The van der Waals surface area contributed by atoms with Gasteiger partial charge in [0.1, 0.15) is 11.5 Å². The number of rotatable bonds is 5. The second-order valence-electron chi connectivity index (χ2n) is 15.2. The molecule has 9 aromatic rings. The Labute approximate surface area is 325 Å². The molecule has 0 radical (unpaired) electrons. The highest BCUT2D eigenvalue weighted by Gasteiger charge is 2.46. The minimum atomic E-state index is -0.507. The molecule has 0 fully saturated rings. The van der Waals surface area contributed by atoms with Gasteiger partial charge in [-0.15, -0.1) is 11.3 Å². The van der Waals surface area contributed by atoms with Crippen LogP contribution < -0.4 is 9.64 Å². The molecule has 3 heteroatoms. The van der Waals surface area contributed by atoms with Crippen LogP contribution in [0.5, 0.6) is 11.5 Å². The summed E-state index contributed by atoms with van der Waals surface area (Å²) in [6, 6.07) is 69.1. The molecule has 262 valence electrons. The number of nitrogens with zero attached hydrogens (tertiary/aromatic N) is 1. The largest absolute Gasteiger partial charge is 0.457 e. The smallest absolute Gasteiger partial charge is 0.131 e. The second-order valence-corrected chi connectivity index (χ2v) is 16.3. The van der Waals surface area contributed by atoms with Gasteiger partial charge in [0.15, 0.2) is 0 Å². The fraction of sp³-hybridized carbons (Fsp3) is 0.0769. The van der Waals surface area contributed by atoms with E-state index in [9.17, 15) is 0 Å². The van der Waals surface area contributed by atoms with Crippen LogP contribution in [0.3, 0.4) is 0 Å². The number of para-hydroxylation sites is 1. The van der Waals surface area contributed by atoms with Crippen molar-refractivity contribution in [1.29, 1.82) is 0 Å². The zero-order valence-corrected chi connectivity index (χ0v) is 31.5. The maximum Gasteiger partial charge on any atom is 0.131 e. The lowest BCUT2D eigenvalue weighted by Gasteiger charge is -2.37. The lowest BCUT2D eigenvalue weighted by atomic mass is 9.67. The van der Waals surface area contributed by atoms with E-state index < -0.39 is 5.41 Å². The third-order valence-corrected chi connectivity index (χ3v) is 13.1. The second kappa shape index (κ2) is 12.0. The Balaban J connectivity index is 1.19. The standard InChI is InChI=1S/C52H37NOS/c1-51(2)43-25-11-12-27-46(43)54-47-31-30-37(33-44(47)51)53(45-26-15-29-49-50(45)40-22-8-13-28-48(40)55-49)36-19-14-18-35(32-36)52(34-16-4-3-5-17-34)41-23-9-6-20-38(41)39-21-7-10-24-42(39)52/h3-33H,1-2H3. The first-order valence-electron chi connectivity index (χ1n) is 19.0. The number of ether oxygens (including phenoxy) is 1. The zero-order valence-electron chi connectivity index (χ0n) is 30.7. The summed E-state index contributed by atoms with van der Waals surface area (Å²) in [7, 11) is 0. The highest BCUT2D eigenvalue weighted by atomic mass is 32.1. The molecule has 0 unspecified atom stereocenters. The molecule has 0 saturated heterocycles. The van der Waals surface area contributed by atoms with Crippen LogP contribution in [-0.4, -0.2) is 0 Å². The van der Waals surface area contributed by atoms with Crippen LogP contribution in [-0.2, 0) is 10.8 Å². The van der Waals surface area contributed by atoms with Crippen LogP contribution in [0, 0.1) is 0 Å². The normalized spacial score (nSPS) is 14.4. The molecule has 1 aromatic heterocycles. The third kappa shape index (κ3) is 4.60. The summed E-state index contributed by atoms with van der Waals surface area (Å²) in [6.07, 6.45) is 0. The Bertz CT molecular complexity index is 2910. The number of hydrogen-bond acceptors (Lipinski definition) is 3. The quantitative estimate of drug-likeness (QED) is 0.175. The van der Waals surface area contributed by atoms with Crippen LogP contribution in [0.4, 0.5) is 17.1 Å². The van der Waals surface area contributed by atoms with Gasteiger partial charge in [0.05, 0.1) is 11.1 Å². The van der Waals surface area contributed by atoms with Crippen molar-refractivity contribution in [2.45, 2.75) is 24.7 Å². The van der Waals surface area contributed by atoms with Crippen molar-refractivity contribution in [1.82, 2.24) is 0 Å². The first-order valence-corrected chi connectivity index (χ1v) is 19.8. The Morgan fingerprint density at radius 1 is 0.455 bits per heavy atom. The van der Waals surface area contributed by atoms with Gasteiger partial charge >= 0.3 is 0 Å². The molecule has 2 heterocycles. The Kier molecular flexibility index (Phi) is 7.02. The van der Waals surface area contributed by atoms with Crippen molar-refractivity contribution >= 4 is 48.6 Å². The minimum absolute atomic E-state index is 0.260. The van der Waals surface area contributed by atoms with Gasteiger partial charge in [0, 0.05) is 48.1 Å². The molecule has 0 saturated carbocycles. The van der Waals surface area contributed by atoms with E-state index in [2.05, 4.69) is 207 Å². The lowest BCUT2D eigenvalue weighted by molar-refractivity contribution is 0.418. The molecule has 0 N–H and O–H groups in total. The predicted octanol–water partition coefficient (Wildman–Crippen LogP) is 14.3. The van der Waals surface area contributed by atoms with Crippen molar-refractivity contribution in [2.24, 2.45) is 0 Å². The molecular formula is C52H37NOS. The summed E-state index contributed by atoms with van der Waals surface area (Å²) in [4.78, 5) is 2.48. The van der Waals surface area contributed by atoms with E-state index in [1.807, 2.05) is 11.3 Å². The van der Waals surface area contributed by atoms with E-state index in [-0.39, 0.29) is 5.41 Å². The third-order valence-electron chi connectivity index (χ3n) is 12.0. The molecule has 0 spiro atoms. The van der Waals surface area contributed by atoms with Crippen molar-refractivity contribution < 1.29 is 4.74 Å². The van der Waals surface area contributed by atoms with Crippen LogP contribution in [0.2, 0.25) is 0 Å². The van der Waals surface area contributed by atoms with E-state index in [1.165, 1.54) is 64.7 Å². The van der Waals surface area contributed by atoms with Gasteiger partial charge in [-0.2, -0.15) is 0 Å². The number of anilines is 3. The highest BCUT2D eigenvalue weighted by Crippen LogP contribution is 2.57. The number of fused-ring (bicyclic) bond motifs is 8. The summed E-state index contributed by atoms with van der Waals surface area (Å²) in [5.41, 5.74) is 12.6. The monoisotopic (exact) mass is 723 g/mol. The minimum Gasteiger partial charge on any atom is -0.457 e. The van der Waals surface area contributed by atoms with Crippen molar-refractivity contribution in [3.63, 3.8) is 0 Å². The Morgan fingerprint density at radius 2 is 1.05 bits per heavy atom. The summed E-state index contributed by atoms with van der Waals surface area (Å²) in [5, 5.41) is 2.54. The molecule has 0 bridgehead atoms. The zero-order chi connectivity index (χ0) is 36.7. The van der Waals surface area contributed by atoms with Gasteiger partial charge in [0.25, 0.3) is 0 Å². The van der Waals surface area contributed by atoms with Gasteiger partial charge in [0.2, 0.25) is 0 Å². The molecule has 2 nitrogen and oxygen atoms in total. The van der Waals surface area contributed by atoms with Crippen molar-refractivity contribution in [3.05, 3.63) is 221 Å². The van der Waals surface area contributed by atoms with Crippen molar-refractivity contribution in [3.8, 4) is 22.6 Å². The maximum absolute atomic E-state index is 6.57. The first kappa shape index (κ1) is 32.0. The molecule has 2 aliphatic rings. The molecule has 55 heavy (non-hydrogen) atoms. The van der Waals surface area contributed by atoms with E-state index in [4.69, 9.17) is 4.74 Å². The molecule has 1 aliphatic carbocycles. The van der Waals surface area contributed by atoms with Gasteiger partial charge < -0.3 is 9.64 Å². The van der Waals surface area contributed by atoms with Crippen LogP contribution in [0.1, 0.15) is 47.2 Å². The number of thiophene rings is 1. The van der Waals surface area contributed by atoms with E-state index in [0.29, 0.717) is 0 Å². The molecule has 8 aromatic carbocycles. The van der Waals surface area contributed by atoms with E-state index in [1.54, 1.807) is 0 Å². The van der Waals surface area contributed by atoms with Crippen LogP contribution in [0.15, 0.2) is 188 Å². The van der Waals surface area contributed by atoms with Gasteiger partial charge in [-0.3, -0.25) is 0 Å². The first-order chi connectivity index (χ1) is 27.0. The van der Waals surface area contributed by atoms with E-state index >= 15 is 0 Å². The van der Waals surface area contributed by atoms with Crippen molar-refractivity contribution in [2.75, 3.05) is 4.90 Å².